The summed E-state index contributed by atoms with van der Waals surface area (Å²) in [4.78, 5) is 15.1. The van der Waals surface area contributed by atoms with Gasteiger partial charge in [0.25, 0.3) is 0 Å². The molecule has 0 radical (unpaired) electrons. The van der Waals surface area contributed by atoms with E-state index >= 15 is 0 Å². The molecule has 0 atom stereocenters. The number of para-hydroxylation sites is 1. The highest BCUT2D eigenvalue weighted by Crippen LogP contribution is 2.45. The fourth-order valence-corrected chi connectivity index (χ4v) is 7.91. The van der Waals surface area contributed by atoms with Gasteiger partial charge in [-0.3, -0.25) is 0 Å². The molecule has 0 unspecified atom stereocenters. The van der Waals surface area contributed by atoms with Crippen molar-refractivity contribution in [2.24, 2.45) is 0 Å². The van der Waals surface area contributed by atoms with E-state index in [4.69, 9.17) is 23.8 Å². The highest BCUT2D eigenvalue weighted by atomic mass is 16.3. The molecule has 0 amide bonds. The van der Waals surface area contributed by atoms with Crippen molar-refractivity contribution in [1.82, 2.24) is 15.0 Å². The number of nitrogens with zero attached hydrogens (tertiary/aromatic N) is 3. The summed E-state index contributed by atoms with van der Waals surface area (Å²) in [6.07, 6.45) is 0. The fourth-order valence-electron chi connectivity index (χ4n) is 7.91. The molecule has 262 valence electrons. The summed E-state index contributed by atoms with van der Waals surface area (Å²) in [5.41, 5.74) is 12.5. The van der Waals surface area contributed by atoms with Crippen molar-refractivity contribution in [3.8, 4) is 67.5 Å². The molecule has 11 aromatic rings. The number of fused-ring (bicyclic) bond motifs is 6. The summed E-state index contributed by atoms with van der Waals surface area (Å²) >= 11 is 0. The Morgan fingerprint density at radius 3 is 1.61 bits per heavy atom. The van der Waals surface area contributed by atoms with Crippen LogP contribution in [0.25, 0.3) is 111 Å². The maximum atomic E-state index is 6.69. The Kier molecular flexibility index (Phi) is 7.42. The molecule has 0 aliphatic rings. The van der Waals surface area contributed by atoms with Gasteiger partial charge in [0.2, 0.25) is 0 Å². The van der Waals surface area contributed by atoms with E-state index in [1.165, 1.54) is 0 Å². The molecular formula is C51H31N3O2. The van der Waals surface area contributed by atoms with Crippen LogP contribution in [-0.4, -0.2) is 15.0 Å². The third-order valence-corrected chi connectivity index (χ3v) is 10.6. The SMILES string of the molecule is c1ccc(-c2cccc(-c3nc(-c4ccccc4)nc(-c4ccc5c(c4)oc4cccc(-c6ccc(-c7ccccc7)c7c6oc6ccccc67)c45)n3)c2)cc1. The van der Waals surface area contributed by atoms with Crippen LogP contribution in [0.2, 0.25) is 0 Å². The summed E-state index contributed by atoms with van der Waals surface area (Å²) in [7, 11) is 0. The van der Waals surface area contributed by atoms with Gasteiger partial charge in [0.1, 0.15) is 22.3 Å². The van der Waals surface area contributed by atoms with E-state index in [2.05, 4.69) is 121 Å². The van der Waals surface area contributed by atoms with Crippen LogP contribution in [0, 0.1) is 0 Å². The molecule has 0 aliphatic carbocycles. The van der Waals surface area contributed by atoms with Gasteiger partial charge in [-0.25, -0.2) is 15.0 Å². The van der Waals surface area contributed by atoms with Gasteiger partial charge in [0.05, 0.1) is 0 Å². The molecule has 5 nitrogen and oxygen atoms in total. The molecule has 5 heteroatoms. The lowest BCUT2D eigenvalue weighted by Crippen LogP contribution is -2.00. The molecule has 0 N–H and O–H groups in total. The minimum Gasteiger partial charge on any atom is -0.456 e. The standard InChI is InChI=1S/C51H31N3O2/c1-4-14-32(15-5-1)35-20-12-21-36(30-35)50-52-49(34-18-8-3-9-19-34)53-51(54-50)37-26-27-42-45(31-37)55-44-25-13-23-39(46(42)44)40-29-28-38(33-16-6-2-7-17-33)47-41-22-10-11-24-43(41)56-48(40)47/h1-31H. The molecule has 0 fully saturated rings. The second-order valence-electron chi connectivity index (χ2n) is 13.9. The molecule has 0 saturated heterocycles. The van der Waals surface area contributed by atoms with Crippen LogP contribution in [0.1, 0.15) is 0 Å². The minimum atomic E-state index is 0.571. The Morgan fingerprint density at radius 2 is 0.839 bits per heavy atom. The van der Waals surface area contributed by atoms with Crippen molar-refractivity contribution >= 4 is 43.9 Å². The van der Waals surface area contributed by atoms with Crippen molar-refractivity contribution in [3.05, 3.63) is 188 Å². The molecule has 11 rings (SSSR count). The Morgan fingerprint density at radius 1 is 0.286 bits per heavy atom. The van der Waals surface area contributed by atoms with E-state index in [9.17, 15) is 0 Å². The third kappa shape index (κ3) is 5.37. The lowest BCUT2D eigenvalue weighted by Gasteiger charge is -2.10. The van der Waals surface area contributed by atoms with Crippen LogP contribution in [0.15, 0.2) is 197 Å². The number of hydrogen-bond acceptors (Lipinski definition) is 5. The van der Waals surface area contributed by atoms with Gasteiger partial charge < -0.3 is 8.83 Å². The fraction of sp³-hybridized carbons (Fsp3) is 0. The topological polar surface area (TPSA) is 65.0 Å². The molecule has 56 heavy (non-hydrogen) atoms. The molecule has 0 bridgehead atoms. The Hall–Kier alpha value is -7.63. The lowest BCUT2D eigenvalue weighted by atomic mass is 9.93. The number of aromatic nitrogens is 3. The van der Waals surface area contributed by atoms with E-state index in [1.54, 1.807) is 0 Å². The van der Waals surface area contributed by atoms with Gasteiger partial charge in [-0.05, 0) is 64.2 Å². The van der Waals surface area contributed by atoms with Crippen LogP contribution < -0.4 is 0 Å². The predicted octanol–water partition coefficient (Wildman–Crippen LogP) is 13.7. The van der Waals surface area contributed by atoms with Gasteiger partial charge in [0.15, 0.2) is 17.5 Å². The molecule has 3 heterocycles. The normalized spacial score (nSPS) is 11.6. The average molecular weight is 718 g/mol. The summed E-state index contributed by atoms with van der Waals surface area (Å²) in [6, 6.07) is 64.4. The van der Waals surface area contributed by atoms with Gasteiger partial charge in [-0.15, -0.1) is 0 Å². The lowest BCUT2D eigenvalue weighted by molar-refractivity contribution is 0.669. The quantitative estimate of drug-likeness (QED) is 0.171. The maximum absolute atomic E-state index is 6.69. The molecule has 3 aromatic heterocycles. The summed E-state index contributed by atoms with van der Waals surface area (Å²) in [5.74, 6) is 1.78. The summed E-state index contributed by atoms with van der Waals surface area (Å²) in [5, 5.41) is 4.23. The van der Waals surface area contributed by atoms with Crippen molar-refractivity contribution in [3.63, 3.8) is 0 Å². The van der Waals surface area contributed by atoms with Crippen LogP contribution >= 0.6 is 0 Å². The zero-order valence-corrected chi connectivity index (χ0v) is 30.1. The largest absolute Gasteiger partial charge is 0.456 e. The highest BCUT2D eigenvalue weighted by molar-refractivity contribution is 6.20. The number of hydrogen-bond donors (Lipinski definition) is 0. The van der Waals surface area contributed by atoms with Crippen LogP contribution in [-0.2, 0) is 0 Å². The summed E-state index contributed by atoms with van der Waals surface area (Å²) in [6.45, 7) is 0. The monoisotopic (exact) mass is 717 g/mol. The van der Waals surface area contributed by atoms with Crippen LogP contribution in [0.4, 0.5) is 0 Å². The first-order valence-corrected chi connectivity index (χ1v) is 18.7. The predicted molar refractivity (Wildman–Crippen MR) is 227 cm³/mol. The van der Waals surface area contributed by atoms with Crippen molar-refractivity contribution in [2.45, 2.75) is 0 Å². The van der Waals surface area contributed by atoms with Gasteiger partial charge in [-0.1, -0.05) is 152 Å². The van der Waals surface area contributed by atoms with E-state index in [1.807, 2.05) is 66.7 Å². The van der Waals surface area contributed by atoms with Crippen LogP contribution in [0.3, 0.4) is 0 Å². The Labute approximate surface area is 322 Å². The first-order valence-electron chi connectivity index (χ1n) is 18.7. The second-order valence-corrected chi connectivity index (χ2v) is 13.9. The smallest absolute Gasteiger partial charge is 0.164 e. The first kappa shape index (κ1) is 31.9. The van der Waals surface area contributed by atoms with E-state index in [0.717, 1.165) is 93.9 Å². The number of rotatable bonds is 6. The van der Waals surface area contributed by atoms with Crippen LogP contribution in [0.5, 0.6) is 0 Å². The summed E-state index contributed by atoms with van der Waals surface area (Å²) < 4.78 is 13.3. The van der Waals surface area contributed by atoms with Gasteiger partial charge in [0, 0.05) is 43.8 Å². The molecular weight excluding hydrogens is 687 g/mol. The highest BCUT2D eigenvalue weighted by Gasteiger charge is 2.21. The molecule has 0 saturated carbocycles. The molecule has 0 spiro atoms. The molecule has 0 aliphatic heterocycles. The van der Waals surface area contributed by atoms with Crippen molar-refractivity contribution < 1.29 is 8.83 Å². The average Bonchev–Trinajstić information content (AvgIpc) is 3.86. The minimum absolute atomic E-state index is 0.571. The zero-order chi connectivity index (χ0) is 37.0. The number of benzene rings is 8. The van der Waals surface area contributed by atoms with E-state index in [-0.39, 0.29) is 0 Å². The third-order valence-electron chi connectivity index (χ3n) is 10.6. The van der Waals surface area contributed by atoms with Crippen molar-refractivity contribution in [1.29, 1.82) is 0 Å². The Balaban J connectivity index is 1.07. The maximum Gasteiger partial charge on any atom is 0.164 e. The van der Waals surface area contributed by atoms with Crippen molar-refractivity contribution in [2.75, 3.05) is 0 Å². The Bertz CT molecular complexity index is 3240. The molecule has 8 aromatic carbocycles. The first-order chi connectivity index (χ1) is 27.7. The van der Waals surface area contributed by atoms with E-state index < -0.39 is 0 Å². The van der Waals surface area contributed by atoms with Gasteiger partial charge >= 0.3 is 0 Å². The zero-order valence-electron chi connectivity index (χ0n) is 30.1. The van der Waals surface area contributed by atoms with E-state index in [0.29, 0.717) is 17.5 Å². The van der Waals surface area contributed by atoms with Gasteiger partial charge in [-0.2, -0.15) is 0 Å². The number of furan rings is 2. The second kappa shape index (κ2) is 13.0.